The molecule has 1 N–H and O–H groups in total. The number of aromatic nitrogens is 1. The summed E-state index contributed by atoms with van der Waals surface area (Å²) in [4.78, 5) is 30.3. The number of aryl methyl sites for hydroxylation is 1. The Balaban J connectivity index is 1.37. The Hall–Kier alpha value is -2.89. The number of hydrogen-bond acceptors (Lipinski definition) is 4. The van der Waals surface area contributed by atoms with Gasteiger partial charge in [-0.25, -0.2) is 0 Å². The zero-order chi connectivity index (χ0) is 19.1. The van der Waals surface area contributed by atoms with E-state index in [9.17, 15) is 9.59 Å². The summed E-state index contributed by atoms with van der Waals surface area (Å²) in [6, 6.07) is 11.2. The fraction of sp³-hybridized carbons (Fsp3) is 0.381. The molecule has 1 aliphatic heterocycles. The number of carbonyl (C=O) groups is 2. The molecule has 2 aromatic rings. The Bertz CT molecular complexity index is 771. The summed E-state index contributed by atoms with van der Waals surface area (Å²) in [6.07, 6.45) is 5.02. The lowest BCUT2D eigenvalue weighted by atomic mass is 9.96. The second kappa shape index (κ2) is 9.16. The molecule has 0 saturated carbocycles. The monoisotopic (exact) mass is 367 g/mol. The van der Waals surface area contributed by atoms with Gasteiger partial charge in [-0.15, -0.1) is 0 Å². The van der Waals surface area contributed by atoms with Crippen LogP contribution in [-0.4, -0.2) is 47.9 Å². The Morgan fingerprint density at radius 1 is 1.22 bits per heavy atom. The Kier molecular flexibility index (Phi) is 6.41. The van der Waals surface area contributed by atoms with E-state index < -0.39 is 0 Å². The van der Waals surface area contributed by atoms with Gasteiger partial charge in [0.1, 0.15) is 5.75 Å². The van der Waals surface area contributed by atoms with Gasteiger partial charge in [-0.1, -0.05) is 12.1 Å². The minimum atomic E-state index is -0.120. The zero-order valence-corrected chi connectivity index (χ0v) is 15.6. The summed E-state index contributed by atoms with van der Waals surface area (Å²) in [5, 5.41) is 2.94. The highest BCUT2D eigenvalue weighted by Crippen LogP contribution is 2.18. The van der Waals surface area contributed by atoms with E-state index in [0.29, 0.717) is 36.9 Å². The van der Waals surface area contributed by atoms with Crippen molar-refractivity contribution in [1.29, 1.82) is 0 Å². The molecule has 1 fully saturated rings. The zero-order valence-electron chi connectivity index (χ0n) is 15.6. The maximum atomic E-state index is 12.4. The summed E-state index contributed by atoms with van der Waals surface area (Å²) in [5.41, 5.74) is 1.72. The topological polar surface area (TPSA) is 71.5 Å². The third kappa shape index (κ3) is 5.54. The average Bonchev–Trinajstić information content (AvgIpc) is 2.71. The number of nitrogens with zero attached hydrogens (tertiary/aromatic N) is 2. The smallest absolute Gasteiger partial charge is 0.257 e. The third-order valence-corrected chi connectivity index (χ3v) is 4.76. The lowest BCUT2D eigenvalue weighted by molar-refractivity contribution is -0.123. The van der Waals surface area contributed by atoms with E-state index >= 15 is 0 Å². The van der Waals surface area contributed by atoms with Crippen LogP contribution in [0.3, 0.4) is 0 Å². The second-order valence-corrected chi connectivity index (χ2v) is 6.89. The fourth-order valence-electron chi connectivity index (χ4n) is 3.18. The first-order valence-corrected chi connectivity index (χ1v) is 9.27. The van der Waals surface area contributed by atoms with Crippen molar-refractivity contribution in [1.82, 2.24) is 15.2 Å². The van der Waals surface area contributed by atoms with Gasteiger partial charge >= 0.3 is 0 Å². The predicted molar refractivity (Wildman–Crippen MR) is 103 cm³/mol. The highest BCUT2D eigenvalue weighted by Gasteiger charge is 2.24. The molecule has 1 aromatic heterocycles. The Morgan fingerprint density at radius 2 is 2.04 bits per heavy atom. The highest BCUT2D eigenvalue weighted by molar-refractivity contribution is 5.93. The van der Waals surface area contributed by atoms with Gasteiger partial charge in [0.25, 0.3) is 11.8 Å². The van der Waals surface area contributed by atoms with Crippen molar-refractivity contribution >= 4 is 11.8 Å². The molecule has 1 aromatic carbocycles. The van der Waals surface area contributed by atoms with Crippen LogP contribution in [0.4, 0.5) is 0 Å². The molecule has 1 aliphatic rings. The fourth-order valence-corrected chi connectivity index (χ4v) is 3.18. The molecule has 3 rings (SSSR count). The number of nitrogens with one attached hydrogen (secondary N) is 1. The lowest BCUT2D eigenvalue weighted by Gasteiger charge is -2.32. The molecule has 1 saturated heterocycles. The van der Waals surface area contributed by atoms with Crippen LogP contribution in [0.5, 0.6) is 5.75 Å². The van der Waals surface area contributed by atoms with E-state index in [0.717, 1.165) is 18.4 Å². The molecule has 0 unspecified atom stereocenters. The van der Waals surface area contributed by atoms with E-state index in [4.69, 9.17) is 4.74 Å². The Morgan fingerprint density at radius 3 is 2.74 bits per heavy atom. The molecule has 2 amide bonds. The highest BCUT2D eigenvalue weighted by atomic mass is 16.5. The van der Waals surface area contributed by atoms with Gasteiger partial charge < -0.3 is 15.0 Å². The van der Waals surface area contributed by atoms with Crippen LogP contribution < -0.4 is 10.1 Å². The molecular weight excluding hydrogens is 342 g/mol. The third-order valence-electron chi connectivity index (χ3n) is 4.76. The van der Waals surface area contributed by atoms with Crippen LogP contribution in [0, 0.1) is 12.8 Å². The van der Waals surface area contributed by atoms with E-state index in [1.54, 1.807) is 24.5 Å². The minimum Gasteiger partial charge on any atom is -0.484 e. The van der Waals surface area contributed by atoms with Crippen LogP contribution >= 0.6 is 0 Å². The van der Waals surface area contributed by atoms with Crippen molar-refractivity contribution in [3.05, 3.63) is 59.9 Å². The molecule has 0 radical (unpaired) electrons. The first kappa shape index (κ1) is 18.9. The van der Waals surface area contributed by atoms with Gasteiger partial charge in [-0.05, 0) is 55.5 Å². The number of benzene rings is 1. The van der Waals surface area contributed by atoms with Crippen molar-refractivity contribution < 1.29 is 14.3 Å². The standard InChI is InChI=1S/C21H25N3O3/c1-16-4-2-6-19(12-16)27-15-20(25)23-13-17-7-10-24(11-8-17)21(26)18-5-3-9-22-14-18/h2-6,9,12,14,17H,7-8,10-11,13,15H2,1H3,(H,23,25). The SMILES string of the molecule is Cc1cccc(OCC(=O)NCC2CCN(C(=O)c3cccnc3)CC2)c1. The van der Waals surface area contributed by atoms with Crippen molar-refractivity contribution in [3.63, 3.8) is 0 Å². The molecule has 0 spiro atoms. The van der Waals surface area contributed by atoms with Gasteiger partial charge in [0.05, 0.1) is 5.56 Å². The van der Waals surface area contributed by atoms with Gasteiger partial charge in [-0.3, -0.25) is 14.6 Å². The number of piperidine rings is 1. The van der Waals surface area contributed by atoms with Crippen LogP contribution in [0.25, 0.3) is 0 Å². The van der Waals surface area contributed by atoms with Crippen molar-refractivity contribution in [2.75, 3.05) is 26.2 Å². The van der Waals surface area contributed by atoms with E-state index in [-0.39, 0.29) is 18.4 Å². The largest absolute Gasteiger partial charge is 0.484 e. The molecule has 0 atom stereocenters. The van der Waals surface area contributed by atoms with Crippen LogP contribution in [0.2, 0.25) is 0 Å². The van der Waals surface area contributed by atoms with Gasteiger partial charge in [0.15, 0.2) is 6.61 Å². The molecule has 6 heteroatoms. The number of hydrogen-bond donors (Lipinski definition) is 1. The normalized spacial score (nSPS) is 14.6. The van der Waals surface area contributed by atoms with Crippen LogP contribution in [-0.2, 0) is 4.79 Å². The molecule has 0 bridgehead atoms. The average molecular weight is 367 g/mol. The van der Waals surface area contributed by atoms with Crippen molar-refractivity contribution in [2.45, 2.75) is 19.8 Å². The van der Waals surface area contributed by atoms with Crippen molar-refractivity contribution in [2.24, 2.45) is 5.92 Å². The molecule has 142 valence electrons. The van der Waals surface area contributed by atoms with Gasteiger partial charge in [0, 0.05) is 32.0 Å². The van der Waals surface area contributed by atoms with E-state index in [2.05, 4.69) is 10.3 Å². The number of rotatable bonds is 6. The summed E-state index contributed by atoms with van der Waals surface area (Å²) in [7, 11) is 0. The maximum absolute atomic E-state index is 12.4. The maximum Gasteiger partial charge on any atom is 0.257 e. The summed E-state index contributed by atoms with van der Waals surface area (Å²) in [6.45, 7) is 4.02. The number of carbonyl (C=O) groups excluding carboxylic acids is 2. The number of likely N-dealkylation sites (tertiary alicyclic amines) is 1. The van der Waals surface area contributed by atoms with Crippen LogP contribution in [0.1, 0.15) is 28.8 Å². The Labute approximate surface area is 159 Å². The van der Waals surface area contributed by atoms with Gasteiger partial charge in [-0.2, -0.15) is 0 Å². The molecule has 0 aliphatic carbocycles. The molecular formula is C21H25N3O3. The number of ether oxygens (including phenoxy) is 1. The molecule has 2 heterocycles. The number of amides is 2. The lowest BCUT2D eigenvalue weighted by Crippen LogP contribution is -2.42. The van der Waals surface area contributed by atoms with E-state index in [1.165, 1.54) is 0 Å². The molecule has 27 heavy (non-hydrogen) atoms. The number of pyridine rings is 1. The van der Waals surface area contributed by atoms with E-state index in [1.807, 2.05) is 36.1 Å². The molecule has 6 nitrogen and oxygen atoms in total. The van der Waals surface area contributed by atoms with Crippen LogP contribution in [0.15, 0.2) is 48.8 Å². The quantitative estimate of drug-likeness (QED) is 0.851. The minimum absolute atomic E-state index is 0.0157. The first-order chi connectivity index (χ1) is 13.1. The summed E-state index contributed by atoms with van der Waals surface area (Å²) in [5.74, 6) is 0.987. The second-order valence-electron chi connectivity index (χ2n) is 6.89. The predicted octanol–water partition coefficient (Wildman–Crippen LogP) is 2.44. The first-order valence-electron chi connectivity index (χ1n) is 9.27. The van der Waals surface area contributed by atoms with Gasteiger partial charge in [0.2, 0.25) is 0 Å². The summed E-state index contributed by atoms with van der Waals surface area (Å²) >= 11 is 0. The summed E-state index contributed by atoms with van der Waals surface area (Å²) < 4.78 is 5.52. The van der Waals surface area contributed by atoms with Crippen molar-refractivity contribution in [3.8, 4) is 5.75 Å².